The highest BCUT2D eigenvalue weighted by atomic mass is 35.5. The maximum Gasteiger partial charge on any atom is 0.304 e. The molecular weight excluding hydrogens is 285 g/mol. The van der Waals surface area contributed by atoms with Crippen molar-refractivity contribution in [2.75, 3.05) is 6.54 Å². The van der Waals surface area contributed by atoms with Crippen LogP contribution in [0, 0.1) is 0 Å². The minimum absolute atomic E-state index is 0.110. The molecule has 0 heterocycles. The van der Waals surface area contributed by atoms with E-state index in [1.54, 1.807) is 6.07 Å². The van der Waals surface area contributed by atoms with Gasteiger partial charge in [-0.3, -0.25) is 9.69 Å². The number of aliphatic carboxylic acids is 1. The Bertz CT molecular complexity index is 455. The second-order valence-electron chi connectivity index (χ2n) is 5.48. The molecule has 5 heteroatoms. The Morgan fingerprint density at radius 3 is 2.37 bits per heavy atom. The van der Waals surface area contributed by atoms with Gasteiger partial charge >= 0.3 is 5.97 Å². The smallest absolute Gasteiger partial charge is 0.304 e. The minimum atomic E-state index is -0.789. The Labute approximate surface area is 124 Å². The van der Waals surface area contributed by atoms with Crippen molar-refractivity contribution in [2.24, 2.45) is 0 Å². The highest BCUT2D eigenvalue weighted by molar-refractivity contribution is 6.42. The highest BCUT2D eigenvalue weighted by Crippen LogP contribution is 2.25. The maximum absolute atomic E-state index is 10.7. The second-order valence-corrected chi connectivity index (χ2v) is 6.30. The van der Waals surface area contributed by atoms with E-state index in [2.05, 4.69) is 25.7 Å². The minimum Gasteiger partial charge on any atom is -0.481 e. The van der Waals surface area contributed by atoms with Crippen molar-refractivity contribution in [2.45, 2.75) is 39.3 Å². The number of carboxylic acid groups (broad SMARTS) is 1. The van der Waals surface area contributed by atoms with Gasteiger partial charge in [0.15, 0.2) is 0 Å². The zero-order valence-corrected chi connectivity index (χ0v) is 12.9. The molecule has 0 saturated carbocycles. The first-order chi connectivity index (χ1) is 8.70. The number of halogens is 2. The van der Waals surface area contributed by atoms with Crippen molar-refractivity contribution in [3.8, 4) is 0 Å². The lowest BCUT2D eigenvalue weighted by atomic mass is 10.0. The van der Waals surface area contributed by atoms with Gasteiger partial charge in [0, 0.05) is 18.6 Å². The summed E-state index contributed by atoms with van der Waals surface area (Å²) in [5.41, 5.74) is 0.913. The van der Waals surface area contributed by atoms with Crippen LogP contribution in [0.2, 0.25) is 10.0 Å². The number of hydrogen-bond acceptors (Lipinski definition) is 2. The first-order valence-corrected chi connectivity index (χ1v) is 6.86. The summed E-state index contributed by atoms with van der Waals surface area (Å²) in [7, 11) is 0. The molecular formula is C14H19Cl2NO2. The van der Waals surface area contributed by atoms with Crippen molar-refractivity contribution < 1.29 is 9.90 Å². The third-order valence-electron chi connectivity index (χ3n) is 2.90. The summed E-state index contributed by atoms with van der Waals surface area (Å²) < 4.78 is 0. The molecule has 0 aromatic heterocycles. The molecule has 1 aromatic carbocycles. The molecule has 0 aliphatic carbocycles. The summed E-state index contributed by atoms with van der Waals surface area (Å²) in [6.07, 6.45) is 0.124. The van der Waals surface area contributed by atoms with E-state index >= 15 is 0 Å². The summed E-state index contributed by atoms with van der Waals surface area (Å²) >= 11 is 11.9. The van der Waals surface area contributed by atoms with Gasteiger partial charge < -0.3 is 5.11 Å². The Hall–Kier alpha value is -0.770. The predicted molar refractivity (Wildman–Crippen MR) is 78.9 cm³/mol. The number of benzene rings is 1. The van der Waals surface area contributed by atoms with Crippen LogP contribution < -0.4 is 0 Å². The average molecular weight is 304 g/mol. The van der Waals surface area contributed by atoms with Gasteiger partial charge in [-0.1, -0.05) is 29.3 Å². The molecule has 0 bridgehead atoms. The van der Waals surface area contributed by atoms with Crippen molar-refractivity contribution in [3.05, 3.63) is 33.8 Å². The molecule has 0 spiro atoms. The molecule has 1 aromatic rings. The zero-order valence-electron chi connectivity index (χ0n) is 11.4. The number of carbonyl (C=O) groups is 1. The summed E-state index contributed by atoms with van der Waals surface area (Å²) in [6.45, 7) is 7.33. The van der Waals surface area contributed by atoms with Crippen LogP contribution >= 0.6 is 23.2 Å². The van der Waals surface area contributed by atoms with Crippen molar-refractivity contribution in [1.82, 2.24) is 4.90 Å². The molecule has 0 aliphatic heterocycles. The van der Waals surface area contributed by atoms with Crippen LogP contribution in [-0.2, 0) is 11.3 Å². The summed E-state index contributed by atoms with van der Waals surface area (Å²) in [6, 6.07) is 5.49. The number of hydrogen-bond donors (Lipinski definition) is 1. The van der Waals surface area contributed by atoms with Gasteiger partial charge in [0.05, 0.1) is 16.5 Å². The van der Waals surface area contributed by atoms with E-state index in [0.717, 1.165) is 5.56 Å². The van der Waals surface area contributed by atoms with Crippen molar-refractivity contribution in [3.63, 3.8) is 0 Å². The molecule has 1 rings (SSSR count). The van der Waals surface area contributed by atoms with Crippen LogP contribution in [0.5, 0.6) is 0 Å². The molecule has 0 aliphatic rings. The largest absolute Gasteiger partial charge is 0.481 e. The van der Waals surface area contributed by atoms with E-state index in [0.29, 0.717) is 23.1 Å². The molecule has 0 radical (unpaired) electrons. The van der Waals surface area contributed by atoms with E-state index in [1.807, 2.05) is 12.1 Å². The molecule has 19 heavy (non-hydrogen) atoms. The molecule has 3 nitrogen and oxygen atoms in total. The molecule has 0 fully saturated rings. The first kappa shape index (κ1) is 16.3. The Balaban J connectivity index is 2.81. The average Bonchev–Trinajstić information content (AvgIpc) is 2.27. The highest BCUT2D eigenvalue weighted by Gasteiger charge is 2.22. The van der Waals surface area contributed by atoms with Crippen LogP contribution in [0.1, 0.15) is 32.8 Å². The SMILES string of the molecule is CC(C)(C)N(CCC(=O)O)Cc1ccc(Cl)c(Cl)c1. The standard InChI is InChI=1S/C14H19Cl2NO2/c1-14(2,3)17(7-6-13(18)19)9-10-4-5-11(15)12(16)8-10/h4-5,8H,6-7,9H2,1-3H3,(H,18,19). The van der Waals surface area contributed by atoms with E-state index in [9.17, 15) is 4.79 Å². The lowest BCUT2D eigenvalue weighted by Gasteiger charge is -2.35. The Morgan fingerprint density at radius 1 is 1.26 bits per heavy atom. The monoisotopic (exact) mass is 303 g/mol. The molecule has 0 atom stereocenters. The number of rotatable bonds is 5. The summed E-state index contributed by atoms with van der Waals surface area (Å²) in [5.74, 6) is -0.789. The van der Waals surface area contributed by atoms with Crippen LogP contribution in [0.15, 0.2) is 18.2 Å². The fourth-order valence-corrected chi connectivity index (χ4v) is 2.06. The van der Waals surface area contributed by atoms with E-state index in [-0.39, 0.29) is 12.0 Å². The Morgan fingerprint density at radius 2 is 1.89 bits per heavy atom. The maximum atomic E-state index is 10.7. The van der Waals surface area contributed by atoms with Crippen LogP contribution in [0.3, 0.4) is 0 Å². The molecule has 0 unspecified atom stereocenters. The second kappa shape index (κ2) is 6.60. The predicted octanol–water partition coefficient (Wildman–Crippen LogP) is 4.07. The van der Waals surface area contributed by atoms with Gasteiger partial charge in [0.2, 0.25) is 0 Å². The third-order valence-corrected chi connectivity index (χ3v) is 3.64. The first-order valence-electron chi connectivity index (χ1n) is 6.11. The molecule has 106 valence electrons. The van der Waals surface area contributed by atoms with Gasteiger partial charge in [0.1, 0.15) is 0 Å². The fraction of sp³-hybridized carbons (Fsp3) is 0.500. The number of carboxylic acids is 1. The van der Waals surface area contributed by atoms with Gasteiger partial charge in [-0.25, -0.2) is 0 Å². The van der Waals surface area contributed by atoms with Gasteiger partial charge in [-0.15, -0.1) is 0 Å². The quantitative estimate of drug-likeness (QED) is 0.891. The van der Waals surface area contributed by atoms with Gasteiger partial charge in [0.25, 0.3) is 0 Å². The summed E-state index contributed by atoms with van der Waals surface area (Å²) in [5, 5.41) is 9.86. The van der Waals surface area contributed by atoms with E-state index in [4.69, 9.17) is 28.3 Å². The third kappa shape index (κ3) is 5.39. The molecule has 1 N–H and O–H groups in total. The van der Waals surface area contributed by atoms with Crippen LogP contribution in [-0.4, -0.2) is 28.1 Å². The number of nitrogens with zero attached hydrogens (tertiary/aromatic N) is 1. The topological polar surface area (TPSA) is 40.5 Å². The van der Waals surface area contributed by atoms with E-state index in [1.165, 1.54) is 0 Å². The van der Waals surface area contributed by atoms with E-state index < -0.39 is 5.97 Å². The normalized spacial score (nSPS) is 11.9. The molecule has 0 amide bonds. The fourth-order valence-electron chi connectivity index (χ4n) is 1.74. The van der Waals surface area contributed by atoms with Crippen LogP contribution in [0.25, 0.3) is 0 Å². The lowest BCUT2D eigenvalue weighted by molar-refractivity contribution is -0.137. The Kier molecular flexibility index (Phi) is 5.65. The van der Waals surface area contributed by atoms with Crippen LogP contribution in [0.4, 0.5) is 0 Å². The van der Waals surface area contributed by atoms with Crippen molar-refractivity contribution in [1.29, 1.82) is 0 Å². The summed E-state index contributed by atoms with van der Waals surface area (Å²) in [4.78, 5) is 12.8. The van der Waals surface area contributed by atoms with Crippen molar-refractivity contribution >= 4 is 29.2 Å². The van der Waals surface area contributed by atoms with Gasteiger partial charge in [-0.2, -0.15) is 0 Å². The zero-order chi connectivity index (χ0) is 14.6. The lowest BCUT2D eigenvalue weighted by Crippen LogP contribution is -2.42. The molecule has 0 saturated heterocycles. The van der Waals surface area contributed by atoms with Gasteiger partial charge in [-0.05, 0) is 38.5 Å².